The molecule has 0 saturated heterocycles. The van der Waals surface area contributed by atoms with Gasteiger partial charge in [0.05, 0.1) is 29.7 Å². The van der Waals surface area contributed by atoms with Crippen LogP contribution < -0.4 is 0 Å². The van der Waals surface area contributed by atoms with Gasteiger partial charge in [0.25, 0.3) is 0 Å². The van der Waals surface area contributed by atoms with Crippen LogP contribution in [0.5, 0.6) is 0 Å². The highest BCUT2D eigenvalue weighted by atomic mass is 16.3. The van der Waals surface area contributed by atoms with Gasteiger partial charge in [-0.3, -0.25) is 4.79 Å². The fraction of sp³-hybridized carbons (Fsp3) is 0.273. The standard InChI is InChI=1S/C22H22N2O2/c1-15(26)22(11-12-22)19-9-7-17(8-10-19)16-3-5-18(6-4-16)21-20(13-25)24(2)14-23-21/h3-10,14,25H,11-13H2,1-2H3. The summed E-state index contributed by atoms with van der Waals surface area (Å²) in [4.78, 5) is 16.3. The maximum absolute atomic E-state index is 11.9. The van der Waals surface area contributed by atoms with Gasteiger partial charge in [0.15, 0.2) is 0 Å². The average Bonchev–Trinajstić information content (AvgIpc) is 3.40. The van der Waals surface area contributed by atoms with Crippen LogP contribution in [-0.2, 0) is 23.9 Å². The highest BCUT2D eigenvalue weighted by Gasteiger charge is 2.48. The summed E-state index contributed by atoms with van der Waals surface area (Å²) in [6.45, 7) is 1.66. The first-order valence-corrected chi connectivity index (χ1v) is 8.88. The molecule has 1 N–H and O–H groups in total. The Kier molecular flexibility index (Phi) is 4.00. The van der Waals surface area contributed by atoms with Gasteiger partial charge in [0.1, 0.15) is 5.78 Å². The number of carbonyl (C=O) groups excluding carboxylic acids is 1. The van der Waals surface area contributed by atoms with Gasteiger partial charge in [-0.2, -0.15) is 0 Å². The molecule has 4 rings (SSSR count). The minimum atomic E-state index is -0.220. The van der Waals surface area contributed by atoms with Gasteiger partial charge in [-0.1, -0.05) is 48.5 Å². The van der Waals surface area contributed by atoms with Crippen molar-refractivity contribution in [3.63, 3.8) is 0 Å². The number of aryl methyl sites for hydroxylation is 1. The van der Waals surface area contributed by atoms with Crippen LogP contribution in [-0.4, -0.2) is 20.4 Å². The lowest BCUT2D eigenvalue weighted by Gasteiger charge is -2.12. The SMILES string of the molecule is CC(=O)C1(c2ccc(-c3ccc(-c4ncn(C)c4CO)cc3)cc2)CC1. The first-order valence-electron chi connectivity index (χ1n) is 8.88. The third-order valence-corrected chi connectivity index (χ3v) is 5.56. The monoisotopic (exact) mass is 346 g/mol. The van der Waals surface area contributed by atoms with E-state index in [1.165, 1.54) is 0 Å². The summed E-state index contributed by atoms with van der Waals surface area (Å²) < 4.78 is 1.84. The third-order valence-electron chi connectivity index (χ3n) is 5.56. The molecule has 0 radical (unpaired) electrons. The summed E-state index contributed by atoms with van der Waals surface area (Å²) >= 11 is 0. The molecule has 0 spiro atoms. The Hall–Kier alpha value is -2.72. The van der Waals surface area contributed by atoms with Gasteiger partial charge < -0.3 is 9.67 Å². The van der Waals surface area contributed by atoms with Gasteiger partial charge in [0, 0.05) is 12.6 Å². The second kappa shape index (κ2) is 6.22. The molecule has 1 fully saturated rings. The number of carbonyl (C=O) groups is 1. The first-order chi connectivity index (χ1) is 12.5. The zero-order valence-corrected chi connectivity index (χ0v) is 15.1. The van der Waals surface area contributed by atoms with Crippen LogP contribution in [0.2, 0.25) is 0 Å². The lowest BCUT2D eigenvalue weighted by molar-refractivity contribution is -0.119. The number of rotatable bonds is 5. The average molecular weight is 346 g/mol. The number of hydrogen-bond donors (Lipinski definition) is 1. The predicted octanol–water partition coefficient (Wildman–Crippen LogP) is 3.87. The van der Waals surface area contributed by atoms with E-state index in [9.17, 15) is 9.90 Å². The van der Waals surface area contributed by atoms with Gasteiger partial charge in [0.2, 0.25) is 0 Å². The topological polar surface area (TPSA) is 55.1 Å². The van der Waals surface area contributed by atoms with Crippen molar-refractivity contribution in [2.24, 2.45) is 7.05 Å². The van der Waals surface area contributed by atoms with Crippen LogP contribution in [0.1, 0.15) is 31.0 Å². The molecule has 0 bridgehead atoms. The Morgan fingerprint density at radius 1 is 1.04 bits per heavy atom. The molecular weight excluding hydrogens is 324 g/mol. The number of aliphatic hydroxyl groups excluding tert-OH is 1. The molecule has 4 heteroatoms. The van der Waals surface area contributed by atoms with E-state index in [0.717, 1.165) is 46.5 Å². The molecule has 0 unspecified atom stereocenters. The molecule has 4 nitrogen and oxygen atoms in total. The van der Waals surface area contributed by atoms with Gasteiger partial charge >= 0.3 is 0 Å². The van der Waals surface area contributed by atoms with E-state index in [2.05, 4.69) is 41.4 Å². The van der Waals surface area contributed by atoms with Gasteiger partial charge in [-0.25, -0.2) is 4.98 Å². The van der Waals surface area contributed by atoms with Crippen molar-refractivity contribution >= 4 is 5.78 Å². The van der Waals surface area contributed by atoms with E-state index in [1.807, 2.05) is 23.7 Å². The summed E-state index contributed by atoms with van der Waals surface area (Å²) in [5, 5.41) is 9.53. The number of aliphatic hydroxyl groups is 1. The Balaban J connectivity index is 1.60. The van der Waals surface area contributed by atoms with E-state index in [1.54, 1.807) is 13.3 Å². The van der Waals surface area contributed by atoms with Crippen molar-refractivity contribution < 1.29 is 9.90 Å². The summed E-state index contributed by atoms with van der Waals surface area (Å²) in [7, 11) is 1.88. The Bertz CT molecular complexity index is 949. The molecule has 26 heavy (non-hydrogen) atoms. The predicted molar refractivity (Wildman–Crippen MR) is 102 cm³/mol. The van der Waals surface area contributed by atoms with Crippen molar-refractivity contribution in [2.75, 3.05) is 0 Å². The molecule has 0 atom stereocenters. The lowest BCUT2D eigenvalue weighted by atomic mass is 9.90. The summed E-state index contributed by atoms with van der Waals surface area (Å²) in [5.74, 6) is 0.268. The number of Topliss-reactive ketones (excluding diaryl/α,β-unsaturated/α-hetero) is 1. The highest BCUT2D eigenvalue weighted by Crippen LogP contribution is 2.49. The van der Waals surface area contributed by atoms with Crippen LogP contribution >= 0.6 is 0 Å². The smallest absolute Gasteiger partial charge is 0.140 e. The second-order valence-corrected chi connectivity index (χ2v) is 7.10. The largest absolute Gasteiger partial charge is 0.390 e. The number of benzene rings is 2. The summed E-state index contributed by atoms with van der Waals surface area (Å²) in [6.07, 6.45) is 3.65. The number of nitrogens with zero attached hydrogens (tertiary/aromatic N) is 2. The molecule has 3 aromatic rings. The van der Waals surface area contributed by atoms with E-state index >= 15 is 0 Å². The van der Waals surface area contributed by atoms with E-state index in [4.69, 9.17) is 0 Å². The van der Waals surface area contributed by atoms with E-state index < -0.39 is 0 Å². The van der Waals surface area contributed by atoms with Crippen LogP contribution in [0.15, 0.2) is 54.9 Å². The molecule has 2 aromatic carbocycles. The molecular formula is C22H22N2O2. The van der Waals surface area contributed by atoms with Crippen LogP contribution in [0.3, 0.4) is 0 Å². The van der Waals surface area contributed by atoms with Crippen LogP contribution in [0, 0.1) is 0 Å². The van der Waals surface area contributed by atoms with Crippen molar-refractivity contribution in [3.05, 3.63) is 66.1 Å². The van der Waals surface area contributed by atoms with E-state index in [-0.39, 0.29) is 17.8 Å². The number of imidazole rings is 1. The molecule has 1 aromatic heterocycles. The Labute approximate surface area is 153 Å². The molecule has 1 aliphatic rings. The van der Waals surface area contributed by atoms with Gasteiger partial charge in [-0.05, 0) is 36.5 Å². The van der Waals surface area contributed by atoms with Crippen molar-refractivity contribution in [2.45, 2.75) is 31.8 Å². The molecule has 0 amide bonds. The summed E-state index contributed by atoms with van der Waals surface area (Å²) in [5.41, 5.74) is 5.77. The minimum absolute atomic E-state index is 0.0348. The zero-order valence-electron chi connectivity index (χ0n) is 15.1. The third kappa shape index (κ3) is 2.67. The number of ketones is 1. The Morgan fingerprint density at radius 3 is 2.08 bits per heavy atom. The minimum Gasteiger partial charge on any atom is -0.390 e. The number of hydrogen-bond acceptors (Lipinski definition) is 3. The lowest BCUT2D eigenvalue weighted by Crippen LogP contribution is -2.16. The van der Waals surface area contributed by atoms with Gasteiger partial charge in [-0.15, -0.1) is 0 Å². The summed E-state index contributed by atoms with van der Waals surface area (Å²) in [6, 6.07) is 16.5. The van der Waals surface area contributed by atoms with E-state index in [0.29, 0.717) is 0 Å². The zero-order chi connectivity index (χ0) is 18.3. The Morgan fingerprint density at radius 2 is 1.58 bits per heavy atom. The van der Waals surface area contributed by atoms with Crippen molar-refractivity contribution in [3.8, 4) is 22.4 Å². The number of aromatic nitrogens is 2. The maximum Gasteiger partial charge on any atom is 0.140 e. The first kappa shape index (κ1) is 16.7. The molecule has 1 saturated carbocycles. The normalized spacial score (nSPS) is 15.0. The molecule has 1 aliphatic carbocycles. The molecule has 0 aliphatic heterocycles. The van der Waals surface area contributed by atoms with Crippen LogP contribution in [0.25, 0.3) is 22.4 Å². The molecule has 132 valence electrons. The fourth-order valence-corrected chi connectivity index (χ4v) is 3.65. The second-order valence-electron chi connectivity index (χ2n) is 7.10. The quantitative estimate of drug-likeness (QED) is 0.763. The maximum atomic E-state index is 11.9. The highest BCUT2D eigenvalue weighted by molar-refractivity contribution is 5.91. The fourth-order valence-electron chi connectivity index (χ4n) is 3.65. The van der Waals surface area contributed by atoms with Crippen LogP contribution in [0.4, 0.5) is 0 Å². The van der Waals surface area contributed by atoms with Crippen molar-refractivity contribution in [1.82, 2.24) is 9.55 Å². The molecule has 1 heterocycles. The van der Waals surface area contributed by atoms with Crippen molar-refractivity contribution in [1.29, 1.82) is 0 Å².